The van der Waals surface area contributed by atoms with E-state index in [1.54, 1.807) is 0 Å². The van der Waals surface area contributed by atoms with Gasteiger partial charge in [0.1, 0.15) is 0 Å². The molecule has 0 radical (unpaired) electrons. The molecule has 1 heterocycles. The van der Waals surface area contributed by atoms with Crippen molar-refractivity contribution >= 4 is 12.4 Å². The van der Waals surface area contributed by atoms with E-state index in [4.69, 9.17) is 5.26 Å². The maximum atomic E-state index is 8.91. The Morgan fingerprint density at radius 3 is 2.25 bits per heavy atom. The summed E-state index contributed by atoms with van der Waals surface area (Å²) < 4.78 is 0. The number of hydrogen-bond donors (Lipinski definition) is 1. The van der Waals surface area contributed by atoms with E-state index in [0.29, 0.717) is 0 Å². The van der Waals surface area contributed by atoms with Crippen LogP contribution in [0, 0.1) is 28.6 Å². The predicted molar refractivity (Wildman–Crippen MR) is 50.1 cm³/mol. The maximum Gasteiger partial charge on any atom is 0.0687 e. The van der Waals surface area contributed by atoms with E-state index in [2.05, 4.69) is 18.3 Å². The molecule has 0 aromatic heterocycles. The second-order valence-electron chi connectivity index (χ2n) is 4.26. The molecule has 0 bridgehead atoms. The van der Waals surface area contributed by atoms with Crippen LogP contribution in [0.3, 0.4) is 0 Å². The van der Waals surface area contributed by atoms with Gasteiger partial charge in [-0.05, 0) is 44.7 Å². The highest BCUT2D eigenvalue weighted by atomic mass is 35.5. The molecule has 2 nitrogen and oxygen atoms in total. The Hall–Kier alpha value is -0.260. The van der Waals surface area contributed by atoms with Crippen LogP contribution in [0.15, 0.2) is 0 Å². The normalized spacial score (nSPS) is 44.7. The molecule has 2 fully saturated rings. The molecule has 0 spiro atoms. The van der Waals surface area contributed by atoms with E-state index < -0.39 is 0 Å². The highest BCUT2D eigenvalue weighted by Crippen LogP contribution is 2.46. The molecule has 1 aliphatic heterocycles. The Bertz CT molecular complexity index is 197. The summed E-state index contributed by atoms with van der Waals surface area (Å²) in [6.07, 6.45) is 2.22. The Labute approximate surface area is 79.7 Å². The maximum absolute atomic E-state index is 8.91. The van der Waals surface area contributed by atoms with Crippen molar-refractivity contribution in [2.75, 3.05) is 13.1 Å². The molecule has 68 valence electrons. The fourth-order valence-corrected chi connectivity index (χ4v) is 2.60. The van der Waals surface area contributed by atoms with Crippen LogP contribution in [0.2, 0.25) is 0 Å². The zero-order valence-corrected chi connectivity index (χ0v) is 8.16. The minimum Gasteiger partial charge on any atom is -0.316 e. The van der Waals surface area contributed by atoms with E-state index in [9.17, 15) is 0 Å². The highest BCUT2D eigenvalue weighted by Gasteiger charge is 2.44. The number of halogens is 1. The lowest BCUT2D eigenvalue weighted by atomic mass is 9.89. The number of nitriles is 1. The van der Waals surface area contributed by atoms with Crippen LogP contribution in [0.1, 0.15) is 19.8 Å². The quantitative estimate of drug-likeness (QED) is 0.624. The van der Waals surface area contributed by atoms with Crippen LogP contribution in [-0.4, -0.2) is 13.1 Å². The summed E-state index contributed by atoms with van der Waals surface area (Å²) in [5.41, 5.74) is -0.00255. The lowest BCUT2D eigenvalue weighted by Gasteiger charge is -2.13. The molecule has 1 saturated heterocycles. The summed E-state index contributed by atoms with van der Waals surface area (Å²) in [5.74, 6) is 1.58. The summed E-state index contributed by atoms with van der Waals surface area (Å²) in [6, 6.07) is 2.44. The van der Waals surface area contributed by atoms with Crippen molar-refractivity contribution in [1.82, 2.24) is 5.32 Å². The van der Waals surface area contributed by atoms with Gasteiger partial charge in [-0.25, -0.2) is 0 Å². The van der Waals surface area contributed by atoms with Gasteiger partial charge in [-0.2, -0.15) is 5.26 Å². The van der Waals surface area contributed by atoms with Crippen LogP contribution in [0.4, 0.5) is 0 Å². The van der Waals surface area contributed by atoms with E-state index in [1.807, 2.05) is 0 Å². The number of fused-ring (bicyclic) bond motifs is 1. The number of nitrogens with one attached hydrogen (secondary N) is 1. The fraction of sp³-hybridized carbons (Fsp3) is 0.889. The average Bonchev–Trinajstić information content (AvgIpc) is 2.46. The van der Waals surface area contributed by atoms with Crippen molar-refractivity contribution < 1.29 is 0 Å². The van der Waals surface area contributed by atoms with E-state index in [1.165, 1.54) is 0 Å². The second kappa shape index (κ2) is 3.24. The van der Waals surface area contributed by atoms with Crippen LogP contribution >= 0.6 is 12.4 Å². The summed E-state index contributed by atoms with van der Waals surface area (Å²) in [6.45, 7) is 4.38. The Kier molecular flexibility index (Phi) is 2.65. The van der Waals surface area contributed by atoms with Crippen LogP contribution in [0.5, 0.6) is 0 Å². The van der Waals surface area contributed by atoms with E-state index >= 15 is 0 Å². The van der Waals surface area contributed by atoms with Gasteiger partial charge < -0.3 is 5.32 Å². The lowest BCUT2D eigenvalue weighted by molar-refractivity contribution is 0.417. The van der Waals surface area contributed by atoms with Crippen molar-refractivity contribution in [2.24, 2.45) is 17.3 Å². The monoisotopic (exact) mass is 186 g/mol. The van der Waals surface area contributed by atoms with Crippen molar-refractivity contribution in [3.05, 3.63) is 0 Å². The fourth-order valence-electron chi connectivity index (χ4n) is 2.60. The molecule has 1 saturated carbocycles. The first kappa shape index (κ1) is 9.83. The van der Waals surface area contributed by atoms with E-state index in [-0.39, 0.29) is 17.8 Å². The Morgan fingerprint density at radius 1 is 1.33 bits per heavy atom. The Morgan fingerprint density at radius 2 is 1.83 bits per heavy atom. The van der Waals surface area contributed by atoms with Crippen molar-refractivity contribution in [2.45, 2.75) is 19.8 Å². The molecule has 0 aromatic carbocycles. The number of hydrogen-bond acceptors (Lipinski definition) is 2. The van der Waals surface area contributed by atoms with Gasteiger partial charge in [0.25, 0.3) is 0 Å². The van der Waals surface area contributed by atoms with Crippen molar-refractivity contribution in [1.29, 1.82) is 5.26 Å². The Balaban J connectivity index is 0.000000720. The summed E-state index contributed by atoms with van der Waals surface area (Å²) in [5, 5.41) is 12.3. The molecule has 2 aliphatic rings. The van der Waals surface area contributed by atoms with Gasteiger partial charge in [-0.3, -0.25) is 0 Å². The third-order valence-corrected chi connectivity index (χ3v) is 3.18. The predicted octanol–water partition coefficient (Wildman–Crippen LogP) is 1.57. The average molecular weight is 187 g/mol. The zero-order chi connectivity index (χ0) is 7.90. The van der Waals surface area contributed by atoms with Gasteiger partial charge in [0.15, 0.2) is 0 Å². The SMILES string of the molecule is CC1(C#N)CC2CNCC2C1.Cl. The molecule has 1 N–H and O–H groups in total. The second-order valence-corrected chi connectivity index (χ2v) is 4.26. The first-order valence-corrected chi connectivity index (χ1v) is 4.35. The number of nitrogens with zero attached hydrogens (tertiary/aromatic N) is 1. The minimum atomic E-state index is -0.00255. The molecular formula is C9H15ClN2. The lowest BCUT2D eigenvalue weighted by Crippen LogP contribution is -2.16. The van der Waals surface area contributed by atoms with Gasteiger partial charge in [0.05, 0.1) is 11.5 Å². The highest BCUT2D eigenvalue weighted by molar-refractivity contribution is 5.85. The van der Waals surface area contributed by atoms with Crippen LogP contribution in [0.25, 0.3) is 0 Å². The molecule has 0 aromatic rings. The van der Waals surface area contributed by atoms with Gasteiger partial charge in [-0.15, -0.1) is 12.4 Å². The summed E-state index contributed by atoms with van der Waals surface area (Å²) in [7, 11) is 0. The van der Waals surface area contributed by atoms with Crippen LogP contribution < -0.4 is 5.32 Å². The van der Waals surface area contributed by atoms with Gasteiger partial charge in [0, 0.05) is 0 Å². The third kappa shape index (κ3) is 1.44. The third-order valence-electron chi connectivity index (χ3n) is 3.18. The molecule has 2 atom stereocenters. The molecule has 2 unspecified atom stereocenters. The molecule has 1 aliphatic carbocycles. The molecule has 0 amide bonds. The first-order valence-electron chi connectivity index (χ1n) is 4.35. The first-order chi connectivity index (χ1) is 5.23. The van der Waals surface area contributed by atoms with Crippen molar-refractivity contribution in [3.63, 3.8) is 0 Å². The topological polar surface area (TPSA) is 35.8 Å². The summed E-state index contributed by atoms with van der Waals surface area (Å²) in [4.78, 5) is 0. The van der Waals surface area contributed by atoms with Crippen molar-refractivity contribution in [3.8, 4) is 6.07 Å². The summed E-state index contributed by atoms with van der Waals surface area (Å²) >= 11 is 0. The van der Waals surface area contributed by atoms with Gasteiger partial charge in [0.2, 0.25) is 0 Å². The molecular weight excluding hydrogens is 172 g/mol. The standard InChI is InChI=1S/C9H14N2.ClH/c1-9(6-10)2-7-4-11-5-8(7)3-9;/h7-8,11H,2-5H2,1H3;1H. The number of rotatable bonds is 0. The van der Waals surface area contributed by atoms with E-state index in [0.717, 1.165) is 37.8 Å². The molecule has 3 heteroatoms. The molecule has 12 heavy (non-hydrogen) atoms. The van der Waals surface area contributed by atoms with Gasteiger partial charge in [-0.1, -0.05) is 0 Å². The smallest absolute Gasteiger partial charge is 0.0687 e. The molecule has 2 rings (SSSR count). The van der Waals surface area contributed by atoms with Crippen LogP contribution in [-0.2, 0) is 0 Å². The van der Waals surface area contributed by atoms with Gasteiger partial charge >= 0.3 is 0 Å². The zero-order valence-electron chi connectivity index (χ0n) is 7.34. The minimum absolute atomic E-state index is 0. The largest absolute Gasteiger partial charge is 0.316 e.